The first-order valence-electron chi connectivity index (χ1n) is 7.46. The third-order valence-electron chi connectivity index (χ3n) is 3.77. The lowest BCUT2D eigenvalue weighted by molar-refractivity contribution is 0.103. The molecule has 0 spiro atoms. The first kappa shape index (κ1) is 14.6. The zero-order chi connectivity index (χ0) is 16.5. The van der Waals surface area contributed by atoms with Gasteiger partial charge in [-0.15, -0.1) is 11.3 Å². The molecule has 0 aliphatic heterocycles. The summed E-state index contributed by atoms with van der Waals surface area (Å²) in [4.78, 5) is 21.8. The van der Waals surface area contributed by atoms with E-state index in [1.165, 1.54) is 11.3 Å². The van der Waals surface area contributed by atoms with Gasteiger partial charge in [-0.25, -0.2) is 9.97 Å². The van der Waals surface area contributed by atoms with Crippen LogP contribution in [0.1, 0.15) is 15.2 Å². The van der Waals surface area contributed by atoms with Crippen molar-refractivity contribution in [2.75, 3.05) is 5.32 Å². The maximum absolute atomic E-state index is 12.2. The fourth-order valence-corrected chi connectivity index (χ4v) is 3.36. The average Bonchev–Trinajstić information content (AvgIpc) is 3.22. The number of hydrogen-bond donors (Lipinski definition) is 1. The summed E-state index contributed by atoms with van der Waals surface area (Å²) < 4.78 is 1.92. The van der Waals surface area contributed by atoms with Crippen molar-refractivity contribution in [1.82, 2.24) is 14.5 Å². The molecule has 3 aromatic heterocycles. The molecule has 0 saturated carbocycles. The maximum Gasteiger partial charge on any atom is 0.266 e. The minimum absolute atomic E-state index is 0.106. The molecule has 1 N–H and O–H groups in total. The van der Waals surface area contributed by atoms with E-state index in [0.717, 1.165) is 27.3 Å². The minimum atomic E-state index is -0.106. The fraction of sp³-hybridized carbons (Fsp3) is 0.0556. The highest BCUT2D eigenvalue weighted by molar-refractivity contribution is 7.12. The number of carbonyl (C=O) groups is 1. The van der Waals surface area contributed by atoms with Crippen molar-refractivity contribution in [2.24, 2.45) is 0 Å². The minimum Gasteiger partial charge on any atom is -0.320 e. The zero-order valence-corrected chi connectivity index (χ0v) is 13.7. The summed E-state index contributed by atoms with van der Waals surface area (Å²) >= 11 is 1.43. The van der Waals surface area contributed by atoms with Crippen LogP contribution in [0.15, 0.2) is 60.4 Å². The molecule has 1 amide bonds. The molecule has 0 aliphatic carbocycles. The quantitative estimate of drug-likeness (QED) is 0.615. The second-order valence-electron chi connectivity index (χ2n) is 5.40. The smallest absolute Gasteiger partial charge is 0.266 e. The number of hydrogen-bond acceptors (Lipinski definition) is 4. The van der Waals surface area contributed by atoms with E-state index in [-0.39, 0.29) is 5.91 Å². The molecule has 0 atom stereocenters. The summed E-state index contributed by atoms with van der Waals surface area (Å²) in [5.41, 5.74) is 3.56. The molecule has 0 saturated heterocycles. The van der Waals surface area contributed by atoms with E-state index in [1.54, 1.807) is 12.5 Å². The molecule has 0 bridgehead atoms. The highest BCUT2D eigenvalue weighted by Crippen LogP contribution is 2.20. The molecule has 0 fully saturated rings. The number of fused-ring (bicyclic) bond motifs is 1. The molecule has 4 rings (SSSR count). The highest BCUT2D eigenvalue weighted by atomic mass is 32.1. The standard InChI is InChI=1S/C18H14N4OS/c1-12-8-9-24-17(12)18(23)21-13-6-7-16(19-10-13)22-11-20-14-4-2-3-5-15(14)22/h2-11H,1H3,(H,21,23). The van der Waals surface area contributed by atoms with Gasteiger partial charge in [0.1, 0.15) is 12.1 Å². The molecule has 118 valence electrons. The van der Waals surface area contributed by atoms with Gasteiger partial charge in [-0.1, -0.05) is 12.1 Å². The van der Waals surface area contributed by atoms with Crippen LogP contribution < -0.4 is 5.32 Å². The molecule has 5 nitrogen and oxygen atoms in total. The first-order valence-corrected chi connectivity index (χ1v) is 8.34. The lowest BCUT2D eigenvalue weighted by Gasteiger charge is -2.07. The molecular formula is C18H14N4OS. The van der Waals surface area contributed by atoms with Gasteiger partial charge in [0.2, 0.25) is 0 Å². The van der Waals surface area contributed by atoms with Gasteiger partial charge in [0.15, 0.2) is 0 Å². The summed E-state index contributed by atoms with van der Waals surface area (Å²) in [5.74, 6) is 0.652. The predicted molar refractivity (Wildman–Crippen MR) is 95.9 cm³/mol. The number of rotatable bonds is 3. The van der Waals surface area contributed by atoms with Crippen molar-refractivity contribution in [1.29, 1.82) is 0 Å². The van der Waals surface area contributed by atoms with Gasteiger partial charge in [-0.2, -0.15) is 0 Å². The molecule has 24 heavy (non-hydrogen) atoms. The Morgan fingerprint density at radius 1 is 1.12 bits per heavy atom. The van der Waals surface area contributed by atoms with Crippen molar-refractivity contribution < 1.29 is 4.79 Å². The molecule has 4 aromatic rings. The number of para-hydroxylation sites is 2. The number of thiophene rings is 1. The fourth-order valence-electron chi connectivity index (χ4n) is 2.54. The predicted octanol–water partition coefficient (Wildman–Crippen LogP) is 4.04. The van der Waals surface area contributed by atoms with Crippen molar-refractivity contribution in [2.45, 2.75) is 6.92 Å². The topological polar surface area (TPSA) is 59.8 Å². The van der Waals surface area contributed by atoms with Crippen molar-refractivity contribution in [3.63, 3.8) is 0 Å². The second-order valence-corrected chi connectivity index (χ2v) is 6.31. The van der Waals surface area contributed by atoms with Crippen LogP contribution in [0.25, 0.3) is 16.9 Å². The monoisotopic (exact) mass is 334 g/mol. The maximum atomic E-state index is 12.2. The largest absolute Gasteiger partial charge is 0.320 e. The van der Waals surface area contributed by atoms with Crippen LogP contribution in [0.2, 0.25) is 0 Å². The lowest BCUT2D eigenvalue weighted by Crippen LogP contribution is -2.11. The lowest BCUT2D eigenvalue weighted by atomic mass is 10.3. The number of anilines is 1. The third kappa shape index (κ3) is 2.57. The van der Waals surface area contributed by atoms with Gasteiger partial charge in [-0.05, 0) is 48.2 Å². The van der Waals surface area contributed by atoms with Crippen LogP contribution in [0, 0.1) is 6.92 Å². The molecule has 6 heteroatoms. The highest BCUT2D eigenvalue weighted by Gasteiger charge is 2.11. The molecule has 3 heterocycles. The SMILES string of the molecule is Cc1ccsc1C(=O)Nc1ccc(-n2cnc3ccccc32)nc1. The summed E-state index contributed by atoms with van der Waals surface area (Å²) in [6.45, 7) is 1.93. The molecule has 0 aliphatic rings. The summed E-state index contributed by atoms with van der Waals surface area (Å²) in [6.07, 6.45) is 3.41. The van der Waals surface area contributed by atoms with Gasteiger partial charge in [-0.3, -0.25) is 9.36 Å². The van der Waals surface area contributed by atoms with E-state index >= 15 is 0 Å². The van der Waals surface area contributed by atoms with Crippen LogP contribution in [-0.2, 0) is 0 Å². The Bertz CT molecular complexity index is 1020. The van der Waals surface area contributed by atoms with Crippen LogP contribution in [0.5, 0.6) is 0 Å². The van der Waals surface area contributed by atoms with E-state index in [0.29, 0.717) is 5.69 Å². The summed E-state index contributed by atoms with van der Waals surface area (Å²) in [6, 6.07) is 13.5. The molecular weight excluding hydrogens is 320 g/mol. The first-order chi connectivity index (χ1) is 11.7. The Labute approximate surface area is 142 Å². The number of nitrogens with one attached hydrogen (secondary N) is 1. The molecule has 0 unspecified atom stereocenters. The van der Waals surface area contributed by atoms with Crippen molar-refractivity contribution >= 4 is 34.0 Å². The number of imidazole rings is 1. The number of benzene rings is 1. The van der Waals surface area contributed by atoms with Gasteiger partial charge < -0.3 is 5.32 Å². The average molecular weight is 334 g/mol. The summed E-state index contributed by atoms with van der Waals surface area (Å²) in [5, 5.41) is 4.79. The number of nitrogens with zero attached hydrogens (tertiary/aromatic N) is 3. The normalized spacial score (nSPS) is 10.9. The molecule has 1 aromatic carbocycles. The van der Waals surface area contributed by atoms with Crippen LogP contribution in [0.3, 0.4) is 0 Å². The number of amides is 1. The van der Waals surface area contributed by atoms with Crippen LogP contribution in [0.4, 0.5) is 5.69 Å². The van der Waals surface area contributed by atoms with Gasteiger partial charge in [0.05, 0.1) is 27.8 Å². The van der Waals surface area contributed by atoms with Gasteiger partial charge in [0, 0.05) is 0 Å². The van der Waals surface area contributed by atoms with Crippen LogP contribution in [-0.4, -0.2) is 20.4 Å². The Hall–Kier alpha value is -2.99. The third-order valence-corrected chi connectivity index (χ3v) is 4.79. The Kier molecular flexibility index (Phi) is 3.59. The van der Waals surface area contributed by atoms with Crippen LogP contribution >= 0.6 is 11.3 Å². The van der Waals surface area contributed by atoms with E-state index in [2.05, 4.69) is 15.3 Å². The number of aryl methyl sites for hydroxylation is 1. The van der Waals surface area contributed by atoms with E-state index < -0.39 is 0 Å². The van der Waals surface area contributed by atoms with Crippen molar-refractivity contribution in [3.05, 3.63) is 70.8 Å². The van der Waals surface area contributed by atoms with Gasteiger partial charge >= 0.3 is 0 Å². The van der Waals surface area contributed by atoms with E-state index in [1.807, 2.05) is 59.3 Å². The summed E-state index contributed by atoms with van der Waals surface area (Å²) in [7, 11) is 0. The Morgan fingerprint density at radius 3 is 2.75 bits per heavy atom. The Morgan fingerprint density at radius 2 is 2.00 bits per heavy atom. The zero-order valence-electron chi connectivity index (χ0n) is 12.9. The molecule has 0 radical (unpaired) electrons. The van der Waals surface area contributed by atoms with E-state index in [9.17, 15) is 4.79 Å². The second kappa shape index (κ2) is 5.90. The number of carbonyl (C=O) groups excluding carboxylic acids is 1. The Balaban J connectivity index is 1.59. The number of aromatic nitrogens is 3. The van der Waals surface area contributed by atoms with Crippen molar-refractivity contribution in [3.8, 4) is 5.82 Å². The van der Waals surface area contributed by atoms with Gasteiger partial charge in [0.25, 0.3) is 5.91 Å². The number of pyridine rings is 1. The van der Waals surface area contributed by atoms with E-state index in [4.69, 9.17) is 0 Å².